The third-order valence-corrected chi connectivity index (χ3v) is 8.46. The highest BCUT2D eigenvalue weighted by molar-refractivity contribution is 6.00. The van der Waals surface area contributed by atoms with Crippen molar-refractivity contribution in [3.63, 3.8) is 0 Å². The van der Waals surface area contributed by atoms with Crippen molar-refractivity contribution in [1.82, 2.24) is 20.1 Å². The zero-order chi connectivity index (χ0) is 33.7. The Morgan fingerprint density at radius 3 is 2.49 bits per heavy atom. The summed E-state index contributed by atoms with van der Waals surface area (Å²) in [4.78, 5) is 30.0. The van der Waals surface area contributed by atoms with Crippen molar-refractivity contribution in [3.05, 3.63) is 70.8 Å². The zero-order valence-electron chi connectivity index (χ0n) is 25.7. The number of fused-ring (bicyclic) bond motifs is 1. The minimum atomic E-state index is -4.79. The van der Waals surface area contributed by atoms with Crippen LogP contribution >= 0.6 is 0 Å². The van der Waals surface area contributed by atoms with E-state index in [1.807, 2.05) is 10.9 Å². The number of rotatable bonds is 12. The predicted octanol–water partition coefficient (Wildman–Crippen LogP) is 5.05. The van der Waals surface area contributed by atoms with Gasteiger partial charge in [0.15, 0.2) is 0 Å². The number of pyridine rings is 1. The van der Waals surface area contributed by atoms with Crippen LogP contribution in [-0.4, -0.2) is 51.9 Å². The molecule has 2 amide bonds. The predicted molar refractivity (Wildman–Crippen MR) is 162 cm³/mol. The van der Waals surface area contributed by atoms with Crippen molar-refractivity contribution in [1.29, 1.82) is 0 Å². The van der Waals surface area contributed by atoms with Gasteiger partial charge in [0.25, 0.3) is 5.91 Å². The maximum Gasteiger partial charge on any atom is 0.416 e. The molecule has 4 N–H and O–H groups in total. The van der Waals surface area contributed by atoms with Gasteiger partial charge in [-0.05, 0) is 74.9 Å². The number of carbonyl (C=O) groups is 2. The van der Waals surface area contributed by atoms with Crippen LogP contribution < -0.4 is 20.5 Å². The SMILES string of the molecule is CCOc1c(CC(N)=O)cc([C@@](O)(CNC(=O)c2cc(OC)c3nn(C4CC4)cc3c2)C2CC2)nc1-c1cc(C(F)(F)F)ccc1F. The molecular formula is C33H33F4N5O5. The van der Waals surface area contributed by atoms with E-state index in [-0.39, 0.29) is 41.4 Å². The fraction of sp³-hybridized carbons (Fsp3) is 0.394. The molecule has 4 aromatic rings. The van der Waals surface area contributed by atoms with E-state index in [0.29, 0.717) is 53.7 Å². The number of hydrogen-bond acceptors (Lipinski definition) is 7. The number of alkyl halides is 3. The summed E-state index contributed by atoms with van der Waals surface area (Å²) in [6, 6.07) is 6.78. The molecule has 2 fully saturated rings. The number of aromatic nitrogens is 3. The molecule has 248 valence electrons. The largest absolute Gasteiger partial charge is 0.494 e. The smallest absolute Gasteiger partial charge is 0.416 e. The Balaban J connectivity index is 1.40. The molecule has 0 saturated heterocycles. The van der Waals surface area contributed by atoms with Gasteiger partial charge in [-0.2, -0.15) is 18.3 Å². The van der Waals surface area contributed by atoms with Gasteiger partial charge >= 0.3 is 6.18 Å². The number of primary amides is 1. The second-order valence-electron chi connectivity index (χ2n) is 12.0. The highest BCUT2D eigenvalue weighted by Crippen LogP contribution is 2.47. The summed E-state index contributed by atoms with van der Waals surface area (Å²) in [5.74, 6) is -2.48. The molecule has 47 heavy (non-hydrogen) atoms. The van der Waals surface area contributed by atoms with E-state index >= 15 is 4.39 Å². The van der Waals surface area contributed by atoms with Crippen LogP contribution in [0.3, 0.4) is 0 Å². The Bertz CT molecular complexity index is 1870. The number of benzene rings is 2. The fourth-order valence-corrected chi connectivity index (χ4v) is 5.75. The summed E-state index contributed by atoms with van der Waals surface area (Å²) < 4.78 is 69.3. The molecule has 0 unspecified atom stereocenters. The molecule has 6 rings (SSSR count). The highest BCUT2D eigenvalue weighted by atomic mass is 19.4. The van der Waals surface area contributed by atoms with E-state index in [1.165, 1.54) is 13.2 Å². The molecule has 0 aliphatic heterocycles. The van der Waals surface area contributed by atoms with Gasteiger partial charge < -0.3 is 25.6 Å². The standard InChI is InChI=1S/C33H33F4N5O5/c1-3-47-30-17(13-27(38)43)12-26(40-29(30)23-14-21(33(35,36)37)6-9-24(23)34)32(45,20-4-5-20)16-39-31(44)18-10-19-15-42(22-7-8-22)41-28(19)25(11-18)46-2/h6,9-12,14-15,20,22,45H,3-5,7-8,13,16H2,1-2H3,(H2,38,43)(H,39,44)/t32-/m1/s1. The van der Waals surface area contributed by atoms with E-state index in [2.05, 4.69) is 15.4 Å². The first-order valence-corrected chi connectivity index (χ1v) is 15.2. The molecule has 2 heterocycles. The highest BCUT2D eigenvalue weighted by Gasteiger charge is 2.47. The number of ether oxygens (including phenoxy) is 2. The number of nitrogens with zero attached hydrogens (tertiary/aromatic N) is 3. The molecule has 2 aliphatic carbocycles. The van der Waals surface area contributed by atoms with Gasteiger partial charge in [0, 0.05) is 28.3 Å². The van der Waals surface area contributed by atoms with Crippen molar-refractivity contribution >= 4 is 22.7 Å². The van der Waals surface area contributed by atoms with Crippen LogP contribution in [0.25, 0.3) is 22.2 Å². The van der Waals surface area contributed by atoms with Crippen molar-refractivity contribution in [3.8, 4) is 22.8 Å². The number of carbonyl (C=O) groups excluding carboxylic acids is 2. The maximum atomic E-state index is 15.2. The Hall–Kier alpha value is -4.72. The van der Waals surface area contributed by atoms with Crippen LogP contribution in [0.1, 0.15) is 65.8 Å². The first-order valence-electron chi connectivity index (χ1n) is 15.2. The first kappa shape index (κ1) is 32.2. The summed E-state index contributed by atoms with van der Waals surface area (Å²) in [5.41, 5.74) is 2.54. The number of nitrogens with two attached hydrogens (primary N) is 1. The number of methoxy groups -OCH3 is 1. The van der Waals surface area contributed by atoms with E-state index in [1.54, 1.807) is 19.1 Å². The van der Waals surface area contributed by atoms with Gasteiger partial charge in [-0.25, -0.2) is 9.37 Å². The van der Waals surface area contributed by atoms with Crippen LogP contribution in [0.5, 0.6) is 11.5 Å². The van der Waals surface area contributed by atoms with Gasteiger partial charge in [-0.15, -0.1) is 0 Å². The van der Waals surface area contributed by atoms with Crippen LogP contribution in [0.2, 0.25) is 0 Å². The molecule has 0 bridgehead atoms. The summed E-state index contributed by atoms with van der Waals surface area (Å²) in [6.07, 6.45) is -0.216. The topological polar surface area (TPSA) is 142 Å². The molecule has 0 radical (unpaired) electrons. The van der Waals surface area contributed by atoms with Crippen molar-refractivity contribution in [2.24, 2.45) is 11.7 Å². The number of aliphatic hydroxyl groups is 1. The molecule has 2 aromatic carbocycles. The Morgan fingerprint density at radius 1 is 1.13 bits per heavy atom. The summed E-state index contributed by atoms with van der Waals surface area (Å²) in [7, 11) is 1.48. The van der Waals surface area contributed by atoms with Crippen molar-refractivity contribution in [2.45, 2.75) is 56.8 Å². The van der Waals surface area contributed by atoms with Crippen molar-refractivity contribution < 1.29 is 41.7 Å². The minimum Gasteiger partial charge on any atom is -0.494 e. The second kappa shape index (κ2) is 12.1. The third kappa shape index (κ3) is 6.46. The third-order valence-electron chi connectivity index (χ3n) is 8.46. The molecule has 10 nitrogen and oxygen atoms in total. The normalized spacial score (nSPS) is 16.1. The summed E-state index contributed by atoms with van der Waals surface area (Å²) in [5, 5.41) is 20.2. The second-order valence-corrected chi connectivity index (χ2v) is 12.0. The monoisotopic (exact) mass is 655 g/mol. The quantitative estimate of drug-likeness (QED) is 0.181. The van der Waals surface area contributed by atoms with E-state index < -0.39 is 52.9 Å². The molecule has 2 aliphatic rings. The Labute approximate surface area is 266 Å². The Kier molecular flexibility index (Phi) is 8.32. The molecule has 2 aromatic heterocycles. The average Bonchev–Trinajstić information content (AvgIpc) is 3.96. The number of hydrogen-bond donors (Lipinski definition) is 3. The van der Waals surface area contributed by atoms with Gasteiger partial charge in [0.2, 0.25) is 5.91 Å². The average molecular weight is 656 g/mol. The number of halogens is 4. The zero-order valence-corrected chi connectivity index (χ0v) is 25.7. The first-order chi connectivity index (χ1) is 22.3. The van der Waals surface area contributed by atoms with E-state index in [4.69, 9.17) is 15.2 Å². The van der Waals surface area contributed by atoms with Gasteiger partial charge in [0.1, 0.15) is 34.1 Å². The lowest BCUT2D eigenvalue weighted by molar-refractivity contribution is -0.137. The van der Waals surface area contributed by atoms with Crippen LogP contribution in [0.4, 0.5) is 17.6 Å². The molecule has 14 heteroatoms. The summed E-state index contributed by atoms with van der Waals surface area (Å²) >= 11 is 0. The molecule has 1 atom stereocenters. The van der Waals surface area contributed by atoms with Crippen LogP contribution in [0.15, 0.2) is 42.6 Å². The molecular weight excluding hydrogens is 622 g/mol. The molecule has 0 spiro atoms. The lowest BCUT2D eigenvalue weighted by atomic mass is 9.90. The van der Waals surface area contributed by atoms with Gasteiger partial charge in [0.05, 0.1) is 44.0 Å². The lowest BCUT2D eigenvalue weighted by Gasteiger charge is -2.30. The van der Waals surface area contributed by atoms with E-state index in [9.17, 15) is 27.9 Å². The van der Waals surface area contributed by atoms with E-state index in [0.717, 1.165) is 12.8 Å². The number of amides is 2. The maximum absolute atomic E-state index is 15.2. The fourth-order valence-electron chi connectivity index (χ4n) is 5.75. The molecule has 2 saturated carbocycles. The summed E-state index contributed by atoms with van der Waals surface area (Å²) in [6.45, 7) is 1.27. The Morgan fingerprint density at radius 2 is 1.87 bits per heavy atom. The van der Waals surface area contributed by atoms with Crippen LogP contribution in [-0.2, 0) is 23.0 Å². The van der Waals surface area contributed by atoms with Gasteiger partial charge in [-0.3, -0.25) is 14.3 Å². The minimum absolute atomic E-state index is 0.0106. The lowest BCUT2D eigenvalue weighted by Crippen LogP contribution is -2.43. The van der Waals surface area contributed by atoms with Crippen molar-refractivity contribution in [2.75, 3.05) is 20.3 Å². The number of nitrogens with one attached hydrogen (secondary N) is 1. The van der Waals surface area contributed by atoms with Crippen LogP contribution in [0, 0.1) is 11.7 Å². The van der Waals surface area contributed by atoms with Gasteiger partial charge in [-0.1, -0.05) is 0 Å².